The topological polar surface area (TPSA) is 70.0 Å². The smallest absolute Gasteiger partial charge is 0.246 e. The van der Waals surface area contributed by atoms with Crippen LogP contribution < -0.4 is 4.74 Å². The summed E-state index contributed by atoms with van der Waals surface area (Å²) in [7, 11) is 0. The highest BCUT2D eigenvalue weighted by molar-refractivity contribution is 5.91. The van der Waals surface area contributed by atoms with Gasteiger partial charge in [-0.2, -0.15) is 0 Å². The van der Waals surface area contributed by atoms with Crippen LogP contribution in [0.2, 0.25) is 0 Å². The molecule has 1 amide bonds. The molecule has 0 unspecified atom stereocenters. The van der Waals surface area contributed by atoms with Gasteiger partial charge in [0.15, 0.2) is 0 Å². The van der Waals surface area contributed by atoms with Crippen LogP contribution in [0.15, 0.2) is 24.3 Å². The van der Waals surface area contributed by atoms with Gasteiger partial charge < -0.3 is 19.8 Å². The fourth-order valence-corrected chi connectivity index (χ4v) is 2.16. The Kier molecular flexibility index (Phi) is 5.15. The molecule has 2 rings (SSSR count). The molecule has 0 radical (unpaired) electrons. The molecule has 0 saturated heterocycles. The number of carbonyl (C=O) groups excluding carboxylic acids is 1. The summed E-state index contributed by atoms with van der Waals surface area (Å²) < 4.78 is 5.43. The van der Waals surface area contributed by atoms with Crippen molar-refractivity contribution in [1.82, 2.24) is 4.90 Å². The van der Waals surface area contributed by atoms with E-state index in [2.05, 4.69) is 0 Å². The molecule has 0 spiro atoms. The van der Waals surface area contributed by atoms with Gasteiger partial charge in [0.2, 0.25) is 5.91 Å². The number of carbonyl (C=O) groups is 1. The lowest BCUT2D eigenvalue weighted by Gasteiger charge is -2.18. The van der Waals surface area contributed by atoms with E-state index in [4.69, 9.17) is 14.9 Å². The number of hydrogen-bond acceptors (Lipinski definition) is 4. The quantitative estimate of drug-likeness (QED) is 0.741. The summed E-state index contributed by atoms with van der Waals surface area (Å²) in [5.74, 6) is 0.695. The van der Waals surface area contributed by atoms with Crippen molar-refractivity contribution < 1.29 is 19.7 Å². The molecular weight excluding hydrogens is 258 g/mol. The Morgan fingerprint density at radius 3 is 2.75 bits per heavy atom. The molecule has 5 nitrogen and oxygen atoms in total. The predicted molar refractivity (Wildman–Crippen MR) is 75.4 cm³/mol. The van der Waals surface area contributed by atoms with Crippen LogP contribution in [0.5, 0.6) is 5.75 Å². The third-order valence-electron chi connectivity index (χ3n) is 3.18. The highest BCUT2D eigenvalue weighted by atomic mass is 16.5. The molecule has 0 atom stereocenters. The third-order valence-corrected chi connectivity index (χ3v) is 3.18. The SMILES string of the molecule is O=C(/C=C/c1ccc2c(c1)CCO2)N(CCO)CCO. The molecule has 0 aromatic heterocycles. The maximum absolute atomic E-state index is 11.9. The van der Waals surface area contributed by atoms with E-state index in [-0.39, 0.29) is 32.2 Å². The summed E-state index contributed by atoms with van der Waals surface area (Å²) in [5.41, 5.74) is 2.10. The number of fused-ring (bicyclic) bond motifs is 1. The van der Waals surface area contributed by atoms with Gasteiger partial charge in [-0.1, -0.05) is 6.07 Å². The molecule has 1 heterocycles. The normalized spacial score (nSPS) is 13.3. The summed E-state index contributed by atoms with van der Waals surface area (Å²) in [4.78, 5) is 13.3. The maximum atomic E-state index is 11.9. The summed E-state index contributed by atoms with van der Waals surface area (Å²) in [6, 6.07) is 5.82. The first-order valence-corrected chi connectivity index (χ1v) is 6.69. The molecule has 20 heavy (non-hydrogen) atoms. The second-order valence-electron chi connectivity index (χ2n) is 4.57. The van der Waals surface area contributed by atoms with Crippen LogP contribution in [-0.2, 0) is 11.2 Å². The zero-order valence-corrected chi connectivity index (χ0v) is 11.3. The number of benzene rings is 1. The summed E-state index contributed by atoms with van der Waals surface area (Å²) >= 11 is 0. The molecule has 0 fully saturated rings. The van der Waals surface area contributed by atoms with E-state index >= 15 is 0 Å². The van der Waals surface area contributed by atoms with Gasteiger partial charge >= 0.3 is 0 Å². The maximum Gasteiger partial charge on any atom is 0.246 e. The van der Waals surface area contributed by atoms with Crippen molar-refractivity contribution >= 4 is 12.0 Å². The van der Waals surface area contributed by atoms with Gasteiger partial charge in [0, 0.05) is 25.6 Å². The van der Waals surface area contributed by atoms with Crippen molar-refractivity contribution in [3.63, 3.8) is 0 Å². The van der Waals surface area contributed by atoms with E-state index in [1.165, 1.54) is 11.0 Å². The van der Waals surface area contributed by atoms with Gasteiger partial charge in [-0.15, -0.1) is 0 Å². The largest absolute Gasteiger partial charge is 0.493 e. The Morgan fingerprint density at radius 2 is 2.05 bits per heavy atom. The van der Waals surface area contributed by atoms with Crippen molar-refractivity contribution in [3.8, 4) is 5.75 Å². The van der Waals surface area contributed by atoms with Crippen LogP contribution >= 0.6 is 0 Å². The average molecular weight is 277 g/mol. The van der Waals surface area contributed by atoms with Gasteiger partial charge in [-0.25, -0.2) is 0 Å². The predicted octanol–water partition coefficient (Wildman–Crippen LogP) is 0.448. The molecule has 1 aliphatic rings. The van der Waals surface area contributed by atoms with Gasteiger partial charge in [0.1, 0.15) is 5.75 Å². The molecule has 0 saturated carbocycles. The van der Waals surface area contributed by atoms with Crippen LogP contribution in [0.1, 0.15) is 11.1 Å². The van der Waals surface area contributed by atoms with Crippen molar-refractivity contribution in [2.24, 2.45) is 0 Å². The number of ether oxygens (including phenoxy) is 1. The number of nitrogens with zero attached hydrogens (tertiary/aromatic N) is 1. The zero-order valence-electron chi connectivity index (χ0n) is 11.3. The van der Waals surface area contributed by atoms with Crippen LogP contribution in [0.25, 0.3) is 6.08 Å². The van der Waals surface area contributed by atoms with Crippen molar-refractivity contribution in [1.29, 1.82) is 0 Å². The number of rotatable bonds is 6. The molecular formula is C15H19NO4. The molecule has 2 N–H and O–H groups in total. The van der Waals surface area contributed by atoms with E-state index in [0.717, 1.165) is 23.3 Å². The van der Waals surface area contributed by atoms with Gasteiger partial charge in [0.05, 0.1) is 19.8 Å². The van der Waals surface area contributed by atoms with Crippen LogP contribution in [-0.4, -0.2) is 53.9 Å². The fourth-order valence-electron chi connectivity index (χ4n) is 2.16. The van der Waals surface area contributed by atoms with Gasteiger partial charge in [-0.05, 0) is 29.3 Å². The molecule has 0 bridgehead atoms. The van der Waals surface area contributed by atoms with Crippen molar-refractivity contribution in [3.05, 3.63) is 35.4 Å². The minimum absolute atomic E-state index is 0.115. The lowest BCUT2D eigenvalue weighted by Crippen LogP contribution is -2.34. The fraction of sp³-hybridized carbons (Fsp3) is 0.400. The standard InChI is InChI=1S/C15H19NO4/c17-8-6-16(7-9-18)15(19)4-2-12-1-3-14-13(11-12)5-10-20-14/h1-4,11,17-18H,5-10H2/b4-2+. The minimum atomic E-state index is -0.218. The second kappa shape index (κ2) is 7.07. The van der Waals surface area contributed by atoms with E-state index in [1.54, 1.807) is 6.08 Å². The number of aliphatic hydroxyl groups is 2. The van der Waals surface area contributed by atoms with E-state index in [1.807, 2.05) is 18.2 Å². The van der Waals surface area contributed by atoms with Crippen molar-refractivity contribution in [2.75, 3.05) is 32.9 Å². The van der Waals surface area contributed by atoms with Gasteiger partial charge in [0.25, 0.3) is 0 Å². The monoisotopic (exact) mass is 277 g/mol. The Bertz CT molecular complexity index is 493. The molecule has 5 heteroatoms. The molecule has 108 valence electrons. The zero-order chi connectivity index (χ0) is 14.4. The van der Waals surface area contributed by atoms with Crippen LogP contribution in [0, 0.1) is 0 Å². The minimum Gasteiger partial charge on any atom is -0.493 e. The van der Waals surface area contributed by atoms with Crippen molar-refractivity contribution in [2.45, 2.75) is 6.42 Å². The summed E-state index contributed by atoms with van der Waals surface area (Å²) in [6.45, 7) is 0.928. The summed E-state index contributed by atoms with van der Waals surface area (Å²) in [5, 5.41) is 17.8. The lowest BCUT2D eigenvalue weighted by atomic mass is 10.1. The Hall–Kier alpha value is -1.85. The molecule has 1 aromatic carbocycles. The average Bonchev–Trinajstić information content (AvgIpc) is 2.92. The number of amides is 1. The van der Waals surface area contributed by atoms with E-state index in [0.29, 0.717) is 6.61 Å². The second-order valence-corrected chi connectivity index (χ2v) is 4.57. The first-order chi connectivity index (χ1) is 9.74. The first kappa shape index (κ1) is 14.6. The van der Waals surface area contributed by atoms with E-state index < -0.39 is 0 Å². The van der Waals surface area contributed by atoms with Gasteiger partial charge in [-0.3, -0.25) is 4.79 Å². The third kappa shape index (κ3) is 3.59. The highest BCUT2D eigenvalue weighted by Crippen LogP contribution is 2.26. The Labute approximate surface area is 118 Å². The Balaban J connectivity index is 2.02. The molecule has 0 aliphatic carbocycles. The molecule has 1 aromatic rings. The highest BCUT2D eigenvalue weighted by Gasteiger charge is 2.12. The molecule has 1 aliphatic heterocycles. The number of hydrogen-bond donors (Lipinski definition) is 2. The Morgan fingerprint density at radius 1 is 1.30 bits per heavy atom. The number of aliphatic hydroxyl groups excluding tert-OH is 2. The van der Waals surface area contributed by atoms with Crippen LogP contribution in [0.3, 0.4) is 0 Å². The summed E-state index contributed by atoms with van der Waals surface area (Å²) in [6.07, 6.45) is 4.09. The van der Waals surface area contributed by atoms with E-state index in [9.17, 15) is 4.79 Å². The first-order valence-electron chi connectivity index (χ1n) is 6.69. The van der Waals surface area contributed by atoms with Crippen LogP contribution in [0.4, 0.5) is 0 Å². The lowest BCUT2D eigenvalue weighted by molar-refractivity contribution is -0.126.